The zero-order valence-electron chi connectivity index (χ0n) is 11.7. The number of hydrogen-bond acceptors (Lipinski definition) is 4. The van der Waals surface area contributed by atoms with Crippen molar-refractivity contribution in [1.82, 2.24) is 4.90 Å². The standard InChI is InChI=1S/C13H26N2O3/c1-13(2,3)6-10(7-14)12(17)15-4-5-18-11(8-15)9-16/h10-11,16H,4-9,14H2,1-3H3. The first kappa shape index (κ1) is 15.4. The van der Waals surface area contributed by atoms with E-state index < -0.39 is 0 Å². The zero-order chi connectivity index (χ0) is 13.8. The number of aliphatic hydroxyl groups is 1. The van der Waals surface area contributed by atoms with Gasteiger partial charge in [0.2, 0.25) is 5.91 Å². The summed E-state index contributed by atoms with van der Waals surface area (Å²) in [6.07, 6.45) is 0.527. The third kappa shape index (κ3) is 4.55. The highest BCUT2D eigenvalue weighted by Crippen LogP contribution is 2.25. The molecule has 0 aliphatic carbocycles. The molecule has 5 heteroatoms. The molecule has 1 saturated heterocycles. The van der Waals surface area contributed by atoms with E-state index in [-0.39, 0.29) is 30.0 Å². The van der Waals surface area contributed by atoms with Gasteiger partial charge in [-0.1, -0.05) is 20.8 Å². The molecule has 106 valence electrons. The average molecular weight is 258 g/mol. The molecule has 3 N–H and O–H groups in total. The van der Waals surface area contributed by atoms with Crippen LogP contribution in [-0.4, -0.2) is 54.9 Å². The SMILES string of the molecule is CC(C)(C)CC(CN)C(=O)N1CCOC(CO)C1. The second-order valence-electron chi connectivity index (χ2n) is 6.16. The van der Waals surface area contributed by atoms with Gasteiger partial charge in [0, 0.05) is 19.6 Å². The highest BCUT2D eigenvalue weighted by Gasteiger charge is 2.30. The summed E-state index contributed by atoms with van der Waals surface area (Å²) in [6, 6.07) is 0. The van der Waals surface area contributed by atoms with Gasteiger partial charge in [0.25, 0.3) is 0 Å². The van der Waals surface area contributed by atoms with E-state index in [2.05, 4.69) is 20.8 Å². The number of carbonyl (C=O) groups is 1. The molecule has 0 radical (unpaired) electrons. The lowest BCUT2D eigenvalue weighted by Gasteiger charge is -2.35. The van der Waals surface area contributed by atoms with Crippen LogP contribution in [0.2, 0.25) is 0 Å². The highest BCUT2D eigenvalue weighted by molar-refractivity contribution is 5.79. The Bertz CT molecular complexity index is 276. The van der Waals surface area contributed by atoms with Gasteiger partial charge in [-0.3, -0.25) is 4.79 Å². The zero-order valence-corrected chi connectivity index (χ0v) is 11.7. The van der Waals surface area contributed by atoms with Crippen molar-refractivity contribution in [1.29, 1.82) is 0 Å². The van der Waals surface area contributed by atoms with Gasteiger partial charge in [-0.2, -0.15) is 0 Å². The van der Waals surface area contributed by atoms with Crippen LogP contribution in [0.25, 0.3) is 0 Å². The van der Waals surface area contributed by atoms with E-state index in [1.165, 1.54) is 0 Å². The molecule has 0 aromatic carbocycles. The van der Waals surface area contributed by atoms with Crippen LogP contribution < -0.4 is 5.73 Å². The number of carbonyl (C=O) groups excluding carboxylic acids is 1. The van der Waals surface area contributed by atoms with Crippen molar-refractivity contribution in [2.75, 3.05) is 32.8 Å². The van der Waals surface area contributed by atoms with Crippen LogP contribution in [0.1, 0.15) is 27.2 Å². The Labute approximate surface area is 109 Å². The van der Waals surface area contributed by atoms with Crippen LogP contribution in [0.3, 0.4) is 0 Å². The fraction of sp³-hybridized carbons (Fsp3) is 0.923. The van der Waals surface area contributed by atoms with E-state index >= 15 is 0 Å². The lowest BCUT2D eigenvalue weighted by molar-refractivity contribution is -0.145. The molecule has 1 rings (SSSR count). The summed E-state index contributed by atoms with van der Waals surface area (Å²) in [5.41, 5.74) is 5.81. The third-order valence-corrected chi connectivity index (χ3v) is 3.15. The number of hydrogen-bond donors (Lipinski definition) is 2. The van der Waals surface area contributed by atoms with E-state index in [0.29, 0.717) is 26.2 Å². The van der Waals surface area contributed by atoms with Gasteiger partial charge in [0.15, 0.2) is 0 Å². The molecule has 0 bridgehead atoms. The first-order valence-electron chi connectivity index (χ1n) is 6.58. The summed E-state index contributed by atoms with van der Waals surface area (Å²) < 4.78 is 5.35. The fourth-order valence-corrected chi connectivity index (χ4v) is 2.30. The van der Waals surface area contributed by atoms with E-state index in [0.717, 1.165) is 6.42 Å². The monoisotopic (exact) mass is 258 g/mol. The minimum Gasteiger partial charge on any atom is -0.394 e. The Balaban J connectivity index is 2.60. The summed E-state index contributed by atoms with van der Waals surface area (Å²) in [5, 5.41) is 9.09. The van der Waals surface area contributed by atoms with Crippen molar-refractivity contribution < 1.29 is 14.6 Å². The Morgan fingerprint density at radius 3 is 2.72 bits per heavy atom. The van der Waals surface area contributed by atoms with Crippen molar-refractivity contribution in [2.24, 2.45) is 17.1 Å². The average Bonchev–Trinajstić information content (AvgIpc) is 2.34. The summed E-state index contributed by atoms with van der Waals surface area (Å²) >= 11 is 0. The molecule has 0 spiro atoms. The molecular formula is C13H26N2O3. The molecular weight excluding hydrogens is 232 g/mol. The quantitative estimate of drug-likeness (QED) is 0.756. The maximum Gasteiger partial charge on any atom is 0.227 e. The molecule has 2 unspecified atom stereocenters. The lowest BCUT2D eigenvalue weighted by Crippen LogP contribution is -2.50. The highest BCUT2D eigenvalue weighted by atomic mass is 16.5. The van der Waals surface area contributed by atoms with Gasteiger partial charge < -0.3 is 20.5 Å². The molecule has 5 nitrogen and oxygen atoms in total. The van der Waals surface area contributed by atoms with Crippen LogP contribution in [0.4, 0.5) is 0 Å². The second kappa shape index (κ2) is 6.50. The Morgan fingerprint density at radius 1 is 1.56 bits per heavy atom. The maximum absolute atomic E-state index is 12.4. The minimum atomic E-state index is -0.254. The van der Waals surface area contributed by atoms with Gasteiger partial charge in [-0.15, -0.1) is 0 Å². The van der Waals surface area contributed by atoms with Crippen molar-refractivity contribution in [3.8, 4) is 0 Å². The third-order valence-electron chi connectivity index (χ3n) is 3.15. The Hall–Kier alpha value is -0.650. The number of nitrogens with zero attached hydrogens (tertiary/aromatic N) is 1. The molecule has 1 amide bonds. The van der Waals surface area contributed by atoms with Gasteiger partial charge in [-0.05, 0) is 11.8 Å². The van der Waals surface area contributed by atoms with E-state index in [4.69, 9.17) is 15.6 Å². The minimum absolute atomic E-state index is 0.0453. The normalized spacial score (nSPS) is 22.9. The molecule has 1 aliphatic rings. The summed E-state index contributed by atoms with van der Waals surface area (Å²) in [5.74, 6) is -0.0448. The number of amides is 1. The van der Waals surface area contributed by atoms with Gasteiger partial charge in [-0.25, -0.2) is 0 Å². The van der Waals surface area contributed by atoms with Gasteiger partial charge in [0.05, 0.1) is 25.2 Å². The lowest BCUT2D eigenvalue weighted by atomic mass is 9.84. The van der Waals surface area contributed by atoms with E-state index in [1.807, 2.05) is 0 Å². The van der Waals surface area contributed by atoms with E-state index in [9.17, 15) is 4.79 Å². The first-order valence-corrected chi connectivity index (χ1v) is 6.58. The molecule has 0 saturated carbocycles. The van der Waals surface area contributed by atoms with Crippen LogP contribution in [0.15, 0.2) is 0 Å². The van der Waals surface area contributed by atoms with Crippen molar-refractivity contribution >= 4 is 5.91 Å². The first-order chi connectivity index (χ1) is 8.37. The molecule has 0 aromatic rings. The van der Waals surface area contributed by atoms with Crippen LogP contribution >= 0.6 is 0 Å². The predicted octanol–water partition coefficient (Wildman–Crippen LogP) is 0.217. The van der Waals surface area contributed by atoms with Gasteiger partial charge in [0.1, 0.15) is 0 Å². The molecule has 18 heavy (non-hydrogen) atoms. The maximum atomic E-state index is 12.4. The van der Waals surface area contributed by atoms with E-state index in [1.54, 1.807) is 4.90 Å². The molecule has 2 atom stereocenters. The largest absolute Gasteiger partial charge is 0.394 e. The molecule has 0 aromatic heterocycles. The fourth-order valence-electron chi connectivity index (χ4n) is 2.30. The Morgan fingerprint density at radius 2 is 2.22 bits per heavy atom. The van der Waals surface area contributed by atoms with Crippen molar-refractivity contribution in [3.63, 3.8) is 0 Å². The molecule has 1 fully saturated rings. The smallest absolute Gasteiger partial charge is 0.227 e. The number of morpholine rings is 1. The molecule has 1 aliphatic heterocycles. The number of nitrogens with two attached hydrogens (primary N) is 1. The van der Waals surface area contributed by atoms with Crippen molar-refractivity contribution in [2.45, 2.75) is 33.3 Å². The van der Waals surface area contributed by atoms with Crippen LogP contribution in [0.5, 0.6) is 0 Å². The van der Waals surface area contributed by atoms with Crippen LogP contribution in [0, 0.1) is 11.3 Å². The number of rotatable bonds is 4. The number of ether oxygens (including phenoxy) is 1. The topological polar surface area (TPSA) is 75.8 Å². The molecule has 1 heterocycles. The predicted molar refractivity (Wildman–Crippen MR) is 70.0 cm³/mol. The van der Waals surface area contributed by atoms with Gasteiger partial charge >= 0.3 is 0 Å². The van der Waals surface area contributed by atoms with Crippen LogP contribution in [-0.2, 0) is 9.53 Å². The van der Waals surface area contributed by atoms with Crippen molar-refractivity contribution in [3.05, 3.63) is 0 Å². The summed E-state index contributed by atoms with van der Waals surface area (Å²) in [4.78, 5) is 14.1. The second-order valence-corrected chi connectivity index (χ2v) is 6.16. The summed E-state index contributed by atoms with van der Waals surface area (Å²) in [6.45, 7) is 8.21. The summed E-state index contributed by atoms with van der Waals surface area (Å²) in [7, 11) is 0. The number of aliphatic hydroxyl groups excluding tert-OH is 1. The Kier molecular flexibility index (Phi) is 5.56.